The van der Waals surface area contributed by atoms with Crippen molar-refractivity contribution in [2.45, 2.75) is 12.6 Å². The highest BCUT2D eigenvalue weighted by Gasteiger charge is 2.37. The molecule has 2 heterocycles. The minimum atomic E-state index is -0.834. The zero-order chi connectivity index (χ0) is 16.4. The van der Waals surface area contributed by atoms with Gasteiger partial charge in [-0.3, -0.25) is 19.7 Å². The average Bonchev–Trinajstić information content (AvgIpc) is 2.92. The summed E-state index contributed by atoms with van der Waals surface area (Å²) >= 11 is 0. The number of aliphatic carboxylic acids is 1. The van der Waals surface area contributed by atoms with E-state index in [2.05, 4.69) is 15.3 Å². The number of benzene rings is 1. The summed E-state index contributed by atoms with van der Waals surface area (Å²) in [4.78, 5) is 21.6. The molecule has 0 amide bonds. The van der Waals surface area contributed by atoms with Gasteiger partial charge in [0.05, 0.1) is 12.8 Å². The van der Waals surface area contributed by atoms with Crippen molar-refractivity contribution < 1.29 is 15.0 Å². The molecule has 2 aliphatic heterocycles. The molecule has 120 valence electrons. The molecule has 7 heteroatoms. The van der Waals surface area contributed by atoms with E-state index in [4.69, 9.17) is 5.11 Å². The molecule has 1 aromatic carbocycles. The van der Waals surface area contributed by atoms with Gasteiger partial charge in [-0.05, 0) is 23.3 Å². The fourth-order valence-corrected chi connectivity index (χ4v) is 2.96. The van der Waals surface area contributed by atoms with Crippen LogP contribution in [0.15, 0.2) is 39.8 Å². The molecular weight excluding hydrogens is 296 g/mol. The third-order valence-electron chi connectivity index (χ3n) is 3.99. The van der Waals surface area contributed by atoms with Crippen LogP contribution in [0.1, 0.15) is 12.0 Å². The number of nitrogens with zero attached hydrogens (tertiary/aromatic N) is 3. The first kappa shape index (κ1) is 15.2. The fraction of sp³-hybridized carbons (Fsp3) is 0.312. The van der Waals surface area contributed by atoms with Gasteiger partial charge in [-0.25, -0.2) is 0 Å². The Morgan fingerprint density at radius 1 is 1.52 bits per heavy atom. The minimum Gasteiger partial charge on any atom is -0.508 e. The van der Waals surface area contributed by atoms with Crippen LogP contribution in [-0.4, -0.2) is 59.6 Å². The van der Waals surface area contributed by atoms with Crippen molar-refractivity contribution in [1.29, 1.82) is 0 Å². The van der Waals surface area contributed by atoms with Gasteiger partial charge < -0.3 is 15.5 Å². The van der Waals surface area contributed by atoms with Crippen molar-refractivity contribution in [3.8, 4) is 5.75 Å². The molecule has 0 radical (unpaired) electrons. The van der Waals surface area contributed by atoms with Crippen LogP contribution in [0.4, 0.5) is 0 Å². The number of hydrogen-bond acceptors (Lipinski definition) is 5. The Morgan fingerprint density at radius 2 is 2.35 bits per heavy atom. The van der Waals surface area contributed by atoms with Gasteiger partial charge in [0, 0.05) is 25.7 Å². The Bertz CT molecular complexity index is 724. The summed E-state index contributed by atoms with van der Waals surface area (Å²) in [6.07, 6.45) is 1.40. The summed E-state index contributed by atoms with van der Waals surface area (Å²) < 4.78 is 0. The van der Waals surface area contributed by atoms with Crippen LogP contribution in [-0.2, 0) is 4.79 Å². The van der Waals surface area contributed by atoms with E-state index >= 15 is 0 Å². The van der Waals surface area contributed by atoms with Gasteiger partial charge in [0.15, 0.2) is 0 Å². The van der Waals surface area contributed by atoms with Crippen LogP contribution < -0.4 is 5.32 Å². The van der Waals surface area contributed by atoms with Gasteiger partial charge in [-0.1, -0.05) is 12.1 Å². The van der Waals surface area contributed by atoms with Crippen LogP contribution in [0, 0.1) is 0 Å². The highest BCUT2D eigenvalue weighted by atomic mass is 16.4. The van der Waals surface area contributed by atoms with Crippen molar-refractivity contribution in [3.05, 3.63) is 35.4 Å². The minimum absolute atomic E-state index is 0.0542. The Labute approximate surface area is 133 Å². The largest absolute Gasteiger partial charge is 0.508 e. The first-order valence-corrected chi connectivity index (χ1v) is 7.34. The van der Waals surface area contributed by atoms with Crippen molar-refractivity contribution in [1.82, 2.24) is 10.2 Å². The van der Waals surface area contributed by atoms with E-state index in [1.54, 1.807) is 31.6 Å². The maximum atomic E-state index is 10.9. The van der Waals surface area contributed by atoms with Gasteiger partial charge in [0.2, 0.25) is 0 Å². The van der Waals surface area contributed by atoms with E-state index in [1.807, 2.05) is 11.0 Å². The highest BCUT2D eigenvalue weighted by molar-refractivity contribution is 6.12. The number of hydrogen-bond donors (Lipinski definition) is 3. The normalized spacial score (nSPS) is 22.3. The van der Waals surface area contributed by atoms with Gasteiger partial charge in [-0.2, -0.15) is 0 Å². The predicted octanol–water partition coefficient (Wildman–Crippen LogP) is 0.922. The SMILES string of the molecule is CN=C1NC=NC2C1=C(c1cccc(O)c1)CN2CCC(=O)O. The lowest BCUT2D eigenvalue weighted by molar-refractivity contribution is -0.137. The molecule has 0 aliphatic carbocycles. The number of fused-ring (bicyclic) bond motifs is 1. The average molecular weight is 314 g/mol. The molecule has 7 nitrogen and oxygen atoms in total. The summed E-state index contributed by atoms with van der Waals surface area (Å²) in [6, 6.07) is 7.03. The Kier molecular flexibility index (Phi) is 4.12. The second-order valence-corrected chi connectivity index (χ2v) is 5.43. The van der Waals surface area contributed by atoms with E-state index in [9.17, 15) is 9.90 Å². The Hall–Kier alpha value is -2.67. The molecule has 0 saturated heterocycles. The summed E-state index contributed by atoms with van der Waals surface area (Å²) in [7, 11) is 1.70. The van der Waals surface area contributed by atoms with Crippen molar-refractivity contribution in [2.75, 3.05) is 20.1 Å². The third kappa shape index (κ3) is 2.95. The number of phenolic OH excluding ortho intramolecular Hbond substituents is 1. The number of nitrogens with one attached hydrogen (secondary N) is 1. The second-order valence-electron chi connectivity index (χ2n) is 5.43. The first-order valence-electron chi connectivity index (χ1n) is 7.34. The monoisotopic (exact) mass is 314 g/mol. The number of amidine groups is 1. The number of phenols is 1. The number of carboxylic acid groups (broad SMARTS) is 1. The zero-order valence-electron chi connectivity index (χ0n) is 12.7. The number of rotatable bonds is 4. The lowest BCUT2D eigenvalue weighted by Crippen LogP contribution is -2.40. The molecule has 3 rings (SSSR count). The lowest BCUT2D eigenvalue weighted by atomic mass is 10.00. The number of aromatic hydroxyl groups is 1. The van der Waals surface area contributed by atoms with Gasteiger partial charge in [-0.15, -0.1) is 0 Å². The molecule has 0 saturated carbocycles. The van der Waals surface area contributed by atoms with Crippen LogP contribution in [0.3, 0.4) is 0 Å². The molecule has 0 spiro atoms. The number of carboxylic acids is 1. The molecule has 1 aromatic rings. The quantitative estimate of drug-likeness (QED) is 0.768. The molecule has 1 atom stereocenters. The van der Waals surface area contributed by atoms with E-state index in [0.717, 1.165) is 22.5 Å². The molecule has 0 fully saturated rings. The topological polar surface area (TPSA) is 97.5 Å². The molecule has 1 unspecified atom stereocenters. The van der Waals surface area contributed by atoms with Crippen LogP contribution >= 0.6 is 0 Å². The maximum absolute atomic E-state index is 10.9. The highest BCUT2D eigenvalue weighted by Crippen LogP contribution is 2.35. The van der Waals surface area contributed by atoms with Crippen LogP contribution in [0.2, 0.25) is 0 Å². The van der Waals surface area contributed by atoms with E-state index in [0.29, 0.717) is 13.1 Å². The van der Waals surface area contributed by atoms with E-state index in [1.165, 1.54) is 0 Å². The van der Waals surface area contributed by atoms with Crippen LogP contribution in [0.5, 0.6) is 5.75 Å². The van der Waals surface area contributed by atoms with E-state index < -0.39 is 5.97 Å². The molecular formula is C16H18N4O3. The third-order valence-corrected chi connectivity index (χ3v) is 3.99. The van der Waals surface area contributed by atoms with Gasteiger partial charge in [0.25, 0.3) is 0 Å². The fourth-order valence-electron chi connectivity index (χ4n) is 2.96. The van der Waals surface area contributed by atoms with Crippen molar-refractivity contribution in [2.24, 2.45) is 9.98 Å². The van der Waals surface area contributed by atoms with Gasteiger partial charge in [0.1, 0.15) is 17.8 Å². The second kappa shape index (κ2) is 6.21. The number of carbonyl (C=O) groups is 1. The standard InChI is InChI=1S/C16H18N4O3/c1-17-15-14-12(10-3-2-4-11(21)7-10)8-20(6-5-13(22)23)16(14)19-9-18-15/h2-4,7,9,16,21H,5-6,8H2,1H3,(H,22,23)(H,17,18,19). The summed E-state index contributed by atoms with van der Waals surface area (Å²) in [6.45, 7) is 0.967. The zero-order valence-corrected chi connectivity index (χ0v) is 12.7. The van der Waals surface area contributed by atoms with Crippen molar-refractivity contribution in [3.63, 3.8) is 0 Å². The van der Waals surface area contributed by atoms with Crippen molar-refractivity contribution >= 4 is 23.7 Å². The Morgan fingerprint density at radius 3 is 3.04 bits per heavy atom. The molecule has 0 aromatic heterocycles. The maximum Gasteiger partial charge on any atom is 0.304 e. The lowest BCUT2D eigenvalue weighted by Gasteiger charge is -2.25. The number of aliphatic imine (C=N–C) groups is 2. The first-order chi connectivity index (χ1) is 11.1. The summed E-state index contributed by atoms with van der Waals surface area (Å²) in [5.41, 5.74) is 2.83. The molecule has 3 N–H and O–H groups in total. The molecule has 2 aliphatic rings. The summed E-state index contributed by atoms with van der Waals surface area (Å²) in [5.74, 6) is 0.0826. The predicted molar refractivity (Wildman–Crippen MR) is 87.6 cm³/mol. The summed E-state index contributed by atoms with van der Waals surface area (Å²) in [5, 5.41) is 21.7. The van der Waals surface area contributed by atoms with E-state index in [-0.39, 0.29) is 18.3 Å². The Balaban J connectivity index is 2.01. The van der Waals surface area contributed by atoms with Crippen LogP contribution in [0.25, 0.3) is 5.57 Å². The molecule has 23 heavy (non-hydrogen) atoms. The van der Waals surface area contributed by atoms with Gasteiger partial charge >= 0.3 is 5.97 Å². The molecule has 0 bridgehead atoms. The smallest absolute Gasteiger partial charge is 0.304 e.